The van der Waals surface area contributed by atoms with Crippen LogP contribution in [0.15, 0.2) is 24.3 Å². The monoisotopic (exact) mass is 437 g/mol. The van der Waals surface area contributed by atoms with E-state index in [4.69, 9.17) is 9.47 Å². The zero-order valence-corrected chi connectivity index (χ0v) is 18.5. The fourth-order valence-corrected chi connectivity index (χ4v) is 5.96. The minimum atomic E-state index is -3.08. The van der Waals surface area contributed by atoms with Gasteiger partial charge in [-0.25, -0.2) is 13.2 Å². The quantitative estimate of drug-likeness (QED) is 0.609. The van der Waals surface area contributed by atoms with Gasteiger partial charge in [0, 0.05) is 12.1 Å². The number of hydrogen-bond donors (Lipinski definition) is 0. The highest BCUT2D eigenvalue weighted by molar-refractivity contribution is 7.91. The number of benzene rings is 1. The number of esters is 1. The average Bonchev–Trinajstić information content (AvgIpc) is 3.06. The summed E-state index contributed by atoms with van der Waals surface area (Å²) in [6, 6.07) is 6.30. The van der Waals surface area contributed by atoms with Gasteiger partial charge in [-0.3, -0.25) is 4.79 Å². The third-order valence-corrected chi connectivity index (χ3v) is 7.40. The van der Waals surface area contributed by atoms with Gasteiger partial charge in [0.25, 0.3) is 5.91 Å². The van der Waals surface area contributed by atoms with Crippen LogP contribution in [0.25, 0.3) is 0 Å². The van der Waals surface area contributed by atoms with Crippen LogP contribution in [0.3, 0.4) is 0 Å². The van der Waals surface area contributed by atoms with Crippen molar-refractivity contribution in [2.24, 2.45) is 0 Å². The van der Waals surface area contributed by atoms with Crippen molar-refractivity contribution in [1.82, 2.24) is 4.90 Å². The molecule has 1 amide bonds. The van der Waals surface area contributed by atoms with Gasteiger partial charge >= 0.3 is 5.97 Å². The highest BCUT2D eigenvalue weighted by atomic mass is 32.2. The fraction of sp³-hybridized carbons (Fsp3) is 0.636. The molecule has 1 aliphatic carbocycles. The molecule has 0 bridgehead atoms. The number of carbonyl (C=O) groups is 2. The molecular weight excluding hydrogens is 406 g/mol. The lowest BCUT2D eigenvalue weighted by Gasteiger charge is -2.38. The van der Waals surface area contributed by atoms with E-state index in [2.05, 4.69) is 0 Å². The predicted molar refractivity (Wildman–Crippen MR) is 113 cm³/mol. The molecule has 2 fully saturated rings. The van der Waals surface area contributed by atoms with Crippen molar-refractivity contribution in [1.29, 1.82) is 0 Å². The van der Waals surface area contributed by atoms with Crippen LogP contribution in [0.5, 0.6) is 5.75 Å². The second-order valence-corrected chi connectivity index (χ2v) is 10.6. The molecule has 1 saturated heterocycles. The van der Waals surface area contributed by atoms with Crippen molar-refractivity contribution >= 4 is 21.7 Å². The Morgan fingerprint density at radius 1 is 1.03 bits per heavy atom. The number of amides is 1. The van der Waals surface area contributed by atoms with E-state index in [1.165, 1.54) is 0 Å². The van der Waals surface area contributed by atoms with Crippen LogP contribution in [-0.4, -0.2) is 61.5 Å². The zero-order chi connectivity index (χ0) is 21.7. The van der Waals surface area contributed by atoms with Crippen LogP contribution in [0.4, 0.5) is 0 Å². The van der Waals surface area contributed by atoms with Crippen LogP contribution < -0.4 is 4.74 Å². The molecule has 3 rings (SSSR count). The average molecular weight is 438 g/mol. The van der Waals surface area contributed by atoms with Gasteiger partial charge in [0.15, 0.2) is 16.4 Å². The molecule has 2 aliphatic rings. The van der Waals surface area contributed by atoms with E-state index in [1.54, 1.807) is 43.0 Å². The van der Waals surface area contributed by atoms with E-state index in [1.807, 2.05) is 0 Å². The largest absolute Gasteiger partial charge is 0.484 e. The molecule has 1 aliphatic heterocycles. The third-order valence-electron chi connectivity index (χ3n) is 5.65. The molecule has 1 unspecified atom stereocenters. The molecule has 0 radical (unpaired) electrons. The number of ether oxygens (including phenoxy) is 2. The Bertz CT molecular complexity index is 843. The van der Waals surface area contributed by atoms with E-state index in [0.717, 1.165) is 32.1 Å². The second kappa shape index (κ2) is 9.81. The molecule has 0 aromatic heterocycles. The minimum Gasteiger partial charge on any atom is -0.484 e. The Labute approximate surface area is 178 Å². The van der Waals surface area contributed by atoms with E-state index in [-0.39, 0.29) is 42.2 Å². The maximum atomic E-state index is 13.0. The molecule has 0 spiro atoms. The van der Waals surface area contributed by atoms with E-state index < -0.39 is 15.8 Å². The van der Waals surface area contributed by atoms with Crippen molar-refractivity contribution < 1.29 is 27.5 Å². The van der Waals surface area contributed by atoms with Crippen molar-refractivity contribution in [3.8, 4) is 5.75 Å². The summed E-state index contributed by atoms with van der Waals surface area (Å²) in [5, 5.41) is 0. The van der Waals surface area contributed by atoms with Crippen LogP contribution in [-0.2, 0) is 19.4 Å². The first-order valence-corrected chi connectivity index (χ1v) is 12.5. The molecule has 7 nitrogen and oxygen atoms in total. The van der Waals surface area contributed by atoms with Gasteiger partial charge in [-0.15, -0.1) is 0 Å². The molecular formula is C22H31NO6S. The first-order valence-electron chi connectivity index (χ1n) is 10.7. The first kappa shape index (κ1) is 22.6. The highest BCUT2D eigenvalue weighted by Gasteiger charge is 2.38. The van der Waals surface area contributed by atoms with Crippen molar-refractivity contribution in [2.75, 3.05) is 18.1 Å². The lowest BCUT2D eigenvalue weighted by Crippen LogP contribution is -2.50. The van der Waals surface area contributed by atoms with Gasteiger partial charge in [-0.2, -0.15) is 0 Å². The standard InChI is InChI=1S/C22H31NO6S/c1-16(2)29-22(25)17-8-10-20(11-9-17)28-14-21(24)23(18-6-4-3-5-7-18)19-12-13-30(26,27)15-19/h8-11,16,18-19H,3-7,12-15H2,1-2H3. The summed E-state index contributed by atoms with van der Waals surface area (Å²) in [4.78, 5) is 26.8. The van der Waals surface area contributed by atoms with Crippen LogP contribution in [0.1, 0.15) is 62.7 Å². The topological polar surface area (TPSA) is 90.0 Å². The summed E-state index contributed by atoms with van der Waals surface area (Å²) >= 11 is 0. The number of nitrogens with zero attached hydrogens (tertiary/aromatic N) is 1. The smallest absolute Gasteiger partial charge is 0.338 e. The lowest BCUT2D eigenvalue weighted by atomic mass is 9.93. The molecule has 166 valence electrons. The minimum absolute atomic E-state index is 0.0436. The summed E-state index contributed by atoms with van der Waals surface area (Å²) in [5.41, 5.74) is 0.419. The summed E-state index contributed by atoms with van der Waals surface area (Å²) < 4.78 is 34.8. The first-order chi connectivity index (χ1) is 14.2. The van der Waals surface area contributed by atoms with E-state index in [0.29, 0.717) is 17.7 Å². The maximum absolute atomic E-state index is 13.0. The summed E-state index contributed by atoms with van der Waals surface area (Å²) in [7, 11) is -3.08. The van der Waals surface area contributed by atoms with Crippen molar-refractivity contribution in [3.05, 3.63) is 29.8 Å². The Hall–Kier alpha value is -2.09. The highest BCUT2D eigenvalue weighted by Crippen LogP contribution is 2.28. The van der Waals surface area contributed by atoms with Gasteiger partial charge in [0.05, 0.1) is 23.2 Å². The molecule has 1 aromatic rings. The number of carbonyl (C=O) groups excluding carboxylic acids is 2. The molecule has 1 aromatic carbocycles. The van der Waals surface area contributed by atoms with Crippen molar-refractivity contribution in [3.63, 3.8) is 0 Å². The van der Waals surface area contributed by atoms with Crippen LogP contribution in [0, 0.1) is 0 Å². The van der Waals surface area contributed by atoms with Gasteiger partial charge in [-0.05, 0) is 57.4 Å². The Morgan fingerprint density at radius 3 is 2.27 bits per heavy atom. The summed E-state index contributed by atoms with van der Waals surface area (Å²) in [6.07, 6.45) is 5.40. The van der Waals surface area contributed by atoms with E-state index in [9.17, 15) is 18.0 Å². The predicted octanol–water partition coefficient (Wildman–Crippen LogP) is 2.98. The van der Waals surface area contributed by atoms with Gasteiger partial charge < -0.3 is 14.4 Å². The molecule has 30 heavy (non-hydrogen) atoms. The summed E-state index contributed by atoms with van der Waals surface area (Å²) in [6.45, 7) is 3.42. The molecule has 1 atom stereocenters. The number of hydrogen-bond acceptors (Lipinski definition) is 6. The van der Waals surface area contributed by atoms with Gasteiger partial charge in [0.1, 0.15) is 5.75 Å². The zero-order valence-electron chi connectivity index (χ0n) is 17.7. The molecule has 1 heterocycles. The van der Waals surface area contributed by atoms with Crippen molar-refractivity contribution in [2.45, 2.75) is 70.6 Å². The van der Waals surface area contributed by atoms with Crippen LogP contribution >= 0.6 is 0 Å². The summed E-state index contributed by atoms with van der Waals surface area (Å²) in [5.74, 6) is 0.0862. The van der Waals surface area contributed by atoms with Crippen LogP contribution in [0.2, 0.25) is 0 Å². The van der Waals surface area contributed by atoms with E-state index >= 15 is 0 Å². The second-order valence-electron chi connectivity index (χ2n) is 8.42. The molecule has 1 saturated carbocycles. The normalized spacial score (nSPS) is 21.4. The number of rotatable bonds is 7. The number of sulfone groups is 1. The fourth-order valence-electron chi connectivity index (χ4n) is 4.25. The Kier molecular flexibility index (Phi) is 7.39. The molecule has 8 heteroatoms. The Morgan fingerprint density at radius 2 is 1.70 bits per heavy atom. The van der Waals surface area contributed by atoms with Gasteiger partial charge in [-0.1, -0.05) is 19.3 Å². The lowest BCUT2D eigenvalue weighted by molar-refractivity contribution is -0.138. The Balaban J connectivity index is 1.63. The molecule has 0 N–H and O–H groups in total. The third kappa shape index (κ3) is 5.97. The SMILES string of the molecule is CC(C)OC(=O)c1ccc(OCC(=O)N(C2CCCCC2)C2CCS(=O)(=O)C2)cc1. The maximum Gasteiger partial charge on any atom is 0.338 e. The van der Waals surface area contributed by atoms with Gasteiger partial charge in [0.2, 0.25) is 0 Å².